The van der Waals surface area contributed by atoms with Gasteiger partial charge in [-0.3, -0.25) is 19.7 Å². The summed E-state index contributed by atoms with van der Waals surface area (Å²) >= 11 is 0. The van der Waals surface area contributed by atoms with Crippen LogP contribution in [0.15, 0.2) is 12.3 Å². The number of carbonyl (C=O) groups excluding carboxylic acids is 2. The first-order chi connectivity index (χ1) is 9.89. The maximum Gasteiger partial charge on any atom is 0.313 e. The topological polar surface area (TPSA) is 137 Å². The van der Waals surface area contributed by atoms with Gasteiger partial charge in [0.05, 0.1) is 23.0 Å². The standard InChI is InChI=1S/C12H14N4O5/c1-21-11(18)12(2-3-12)6-15-10(17)7-4-8(16(19)20)9(13)14-5-7/h4-5H,2-3,6H2,1H3,(H2,13,14)(H,15,17). The van der Waals surface area contributed by atoms with Gasteiger partial charge in [0.1, 0.15) is 0 Å². The normalized spacial score (nSPS) is 15.1. The number of nitrogens with one attached hydrogen (secondary N) is 1. The first-order valence-corrected chi connectivity index (χ1v) is 6.16. The monoisotopic (exact) mass is 294 g/mol. The fraction of sp³-hybridized carbons (Fsp3) is 0.417. The Morgan fingerprint density at radius 2 is 2.24 bits per heavy atom. The van der Waals surface area contributed by atoms with Gasteiger partial charge in [-0.25, -0.2) is 4.98 Å². The van der Waals surface area contributed by atoms with Crippen molar-refractivity contribution in [2.45, 2.75) is 12.8 Å². The lowest BCUT2D eigenvalue weighted by Crippen LogP contribution is -2.35. The molecule has 0 spiro atoms. The largest absolute Gasteiger partial charge is 0.469 e. The van der Waals surface area contributed by atoms with Gasteiger partial charge in [-0.2, -0.15) is 0 Å². The number of hydrogen-bond donors (Lipinski definition) is 2. The maximum absolute atomic E-state index is 11.9. The molecule has 0 aromatic carbocycles. The van der Waals surface area contributed by atoms with E-state index >= 15 is 0 Å². The summed E-state index contributed by atoms with van der Waals surface area (Å²) in [6, 6.07) is 1.05. The zero-order valence-corrected chi connectivity index (χ0v) is 11.3. The van der Waals surface area contributed by atoms with E-state index < -0.39 is 21.9 Å². The highest BCUT2D eigenvalue weighted by Gasteiger charge is 2.51. The van der Waals surface area contributed by atoms with E-state index in [-0.39, 0.29) is 23.9 Å². The molecule has 1 fully saturated rings. The summed E-state index contributed by atoms with van der Waals surface area (Å²) < 4.78 is 4.67. The number of methoxy groups -OCH3 is 1. The molecule has 0 radical (unpaired) electrons. The molecular weight excluding hydrogens is 280 g/mol. The molecule has 9 heteroatoms. The summed E-state index contributed by atoms with van der Waals surface area (Å²) in [4.78, 5) is 37.1. The minimum atomic E-state index is -0.712. The molecule has 0 saturated heterocycles. The number of ether oxygens (including phenoxy) is 1. The molecule has 0 unspecified atom stereocenters. The van der Waals surface area contributed by atoms with Crippen LogP contribution in [0.2, 0.25) is 0 Å². The third-order valence-electron chi connectivity index (χ3n) is 3.42. The van der Waals surface area contributed by atoms with Crippen molar-refractivity contribution in [1.29, 1.82) is 0 Å². The van der Waals surface area contributed by atoms with Gasteiger partial charge in [-0.1, -0.05) is 0 Å². The fourth-order valence-electron chi connectivity index (χ4n) is 1.91. The summed E-state index contributed by atoms with van der Waals surface area (Å²) in [7, 11) is 1.29. The number of nitro groups is 1. The number of aromatic nitrogens is 1. The molecule has 1 aromatic rings. The highest BCUT2D eigenvalue weighted by Crippen LogP contribution is 2.46. The minimum Gasteiger partial charge on any atom is -0.469 e. The van der Waals surface area contributed by atoms with E-state index in [1.165, 1.54) is 7.11 Å². The number of hydrogen-bond acceptors (Lipinski definition) is 7. The van der Waals surface area contributed by atoms with Gasteiger partial charge >= 0.3 is 11.7 Å². The zero-order chi connectivity index (χ0) is 15.6. The number of anilines is 1. The average Bonchev–Trinajstić information content (AvgIpc) is 3.25. The maximum atomic E-state index is 11.9. The van der Waals surface area contributed by atoms with Crippen LogP contribution in [-0.4, -0.2) is 35.4 Å². The summed E-state index contributed by atoms with van der Waals surface area (Å²) in [5, 5.41) is 13.3. The first kappa shape index (κ1) is 14.7. The Kier molecular flexibility index (Phi) is 3.74. The molecule has 9 nitrogen and oxygen atoms in total. The van der Waals surface area contributed by atoms with Crippen LogP contribution >= 0.6 is 0 Å². The highest BCUT2D eigenvalue weighted by atomic mass is 16.6. The Balaban J connectivity index is 2.06. The van der Waals surface area contributed by atoms with Crippen molar-refractivity contribution in [3.8, 4) is 0 Å². The van der Waals surface area contributed by atoms with Gasteiger partial charge < -0.3 is 15.8 Å². The molecule has 1 amide bonds. The van der Waals surface area contributed by atoms with Crippen LogP contribution in [0.25, 0.3) is 0 Å². The number of carbonyl (C=O) groups is 2. The quantitative estimate of drug-likeness (QED) is 0.451. The molecule has 0 bridgehead atoms. The number of pyridine rings is 1. The number of esters is 1. The van der Waals surface area contributed by atoms with Crippen LogP contribution in [0.5, 0.6) is 0 Å². The van der Waals surface area contributed by atoms with Crippen LogP contribution in [0.4, 0.5) is 11.5 Å². The minimum absolute atomic E-state index is 0.0107. The molecule has 0 aliphatic heterocycles. The van der Waals surface area contributed by atoms with E-state index in [9.17, 15) is 19.7 Å². The molecular formula is C12H14N4O5. The predicted molar refractivity (Wildman–Crippen MR) is 71.3 cm³/mol. The highest BCUT2D eigenvalue weighted by molar-refractivity contribution is 5.95. The first-order valence-electron chi connectivity index (χ1n) is 6.16. The molecule has 112 valence electrons. The van der Waals surface area contributed by atoms with E-state index in [0.29, 0.717) is 12.8 Å². The molecule has 1 aromatic heterocycles. The Morgan fingerprint density at radius 3 is 2.76 bits per heavy atom. The second kappa shape index (κ2) is 5.35. The summed E-state index contributed by atoms with van der Waals surface area (Å²) in [5.41, 5.74) is 4.26. The van der Waals surface area contributed by atoms with Crippen LogP contribution in [0, 0.1) is 15.5 Å². The van der Waals surface area contributed by atoms with Crippen molar-refractivity contribution in [2.24, 2.45) is 5.41 Å². The van der Waals surface area contributed by atoms with Crippen molar-refractivity contribution in [1.82, 2.24) is 10.3 Å². The molecule has 2 rings (SSSR count). The molecule has 1 heterocycles. The van der Waals surface area contributed by atoms with Crippen molar-refractivity contribution >= 4 is 23.4 Å². The molecule has 3 N–H and O–H groups in total. The van der Waals surface area contributed by atoms with Crippen LogP contribution in [0.3, 0.4) is 0 Å². The molecule has 1 saturated carbocycles. The van der Waals surface area contributed by atoms with Crippen LogP contribution < -0.4 is 11.1 Å². The van der Waals surface area contributed by atoms with E-state index in [4.69, 9.17) is 5.73 Å². The van der Waals surface area contributed by atoms with E-state index in [1.807, 2.05) is 0 Å². The van der Waals surface area contributed by atoms with Crippen molar-refractivity contribution in [3.05, 3.63) is 27.9 Å². The van der Waals surface area contributed by atoms with Crippen LogP contribution in [0.1, 0.15) is 23.2 Å². The summed E-state index contributed by atoms with van der Waals surface area (Å²) in [6.07, 6.45) is 2.43. The lowest BCUT2D eigenvalue weighted by Gasteiger charge is -2.13. The molecule has 0 atom stereocenters. The number of nitrogens with zero attached hydrogens (tertiary/aromatic N) is 2. The second-order valence-corrected chi connectivity index (χ2v) is 4.84. The van der Waals surface area contributed by atoms with Gasteiger partial charge in [-0.15, -0.1) is 0 Å². The molecule has 1 aliphatic carbocycles. The van der Waals surface area contributed by atoms with Crippen LogP contribution in [-0.2, 0) is 9.53 Å². The van der Waals surface area contributed by atoms with Crippen molar-refractivity contribution in [3.63, 3.8) is 0 Å². The summed E-state index contributed by atoms with van der Waals surface area (Å²) in [6.45, 7) is 0.122. The summed E-state index contributed by atoms with van der Waals surface area (Å²) in [5.74, 6) is -1.19. The Hall–Kier alpha value is -2.71. The lowest BCUT2D eigenvalue weighted by molar-refractivity contribution is -0.384. The molecule has 21 heavy (non-hydrogen) atoms. The predicted octanol–water partition coefficient (Wildman–Crippen LogP) is 0.255. The number of nitrogen functional groups attached to an aromatic ring is 1. The molecule has 1 aliphatic rings. The smallest absolute Gasteiger partial charge is 0.313 e. The van der Waals surface area contributed by atoms with Crippen molar-refractivity contribution in [2.75, 3.05) is 19.4 Å². The SMILES string of the molecule is COC(=O)C1(CNC(=O)c2cnc(N)c([N+](=O)[O-])c2)CC1. The lowest BCUT2D eigenvalue weighted by atomic mass is 10.1. The number of amides is 1. The third kappa shape index (κ3) is 2.91. The third-order valence-corrected chi connectivity index (χ3v) is 3.42. The number of nitrogens with two attached hydrogens (primary N) is 1. The van der Waals surface area contributed by atoms with E-state index in [0.717, 1.165) is 12.3 Å². The Morgan fingerprint density at radius 1 is 1.57 bits per heavy atom. The second-order valence-electron chi connectivity index (χ2n) is 4.84. The van der Waals surface area contributed by atoms with Gasteiger partial charge in [0.25, 0.3) is 5.91 Å². The zero-order valence-electron chi connectivity index (χ0n) is 11.3. The Bertz CT molecular complexity index is 612. The Labute approximate surface area is 119 Å². The average molecular weight is 294 g/mol. The fourth-order valence-corrected chi connectivity index (χ4v) is 1.91. The van der Waals surface area contributed by atoms with Gasteiger partial charge in [0.2, 0.25) is 5.82 Å². The van der Waals surface area contributed by atoms with Gasteiger partial charge in [-0.05, 0) is 12.8 Å². The van der Waals surface area contributed by atoms with E-state index in [1.54, 1.807) is 0 Å². The number of rotatable bonds is 5. The van der Waals surface area contributed by atoms with Gasteiger partial charge in [0, 0.05) is 18.8 Å². The van der Waals surface area contributed by atoms with Crippen molar-refractivity contribution < 1.29 is 19.2 Å². The van der Waals surface area contributed by atoms with E-state index in [2.05, 4.69) is 15.0 Å². The van der Waals surface area contributed by atoms with Gasteiger partial charge in [0.15, 0.2) is 0 Å².